The number of aromatic nitrogens is 3. The van der Waals surface area contributed by atoms with E-state index in [1.165, 1.54) is 21.8 Å². The normalized spacial score (nSPS) is 19.2. The van der Waals surface area contributed by atoms with E-state index in [2.05, 4.69) is 15.6 Å². The fourth-order valence-corrected chi connectivity index (χ4v) is 3.29. The van der Waals surface area contributed by atoms with Gasteiger partial charge in [0.25, 0.3) is 5.91 Å². The maximum absolute atomic E-state index is 14.0. The van der Waals surface area contributed by atoms with Gasteiger partial charge < -0.3 is 10.2 Å². The highest BCUT2D eigenvalue weighted by atomic mass is 19.1. The lowest BCUT2D eigenvalue weighted by Gasteiger charge is -2.24. The lowest BCUT2D eigenvalue weighted by atomic mass is 10.1. The average molecular weight is 391 g/mol. The fraction of sp³-hybridized carbons (Fsp3) is 0.474. The molecule has 1 N–H and O–H groups in total. The van der Waals surface area contributed by atoms with Gasteiger partial charge in [-0.25, -0.2) is 13.5 Å². The van der Waals surface area contributed by atoms with Crippen molar-refractivity contribution in [2.24, 2.45) is 0 Å². The van der Waals surface area contributed by atoms with Crippen molar-refractivity contribution in [1.82, 2.24) is 25.2 Å². The first kappa shape index (κ1) is 19.9. The van der Waals surface area contributed by atoms with Crippen molar-refractivity contribution in [3.05, 3.63) is 47.5 Å². The van der Waals surface area contributed by atoms with E-state index in [0.29, 0.717) is 0 Å². The molecule has 2 atom stereocenters. The molecule has 9 heteroatoms. The number of carbonyl (C=O) groups excluding carboxylic acids is 2. The van der Waals surface area contributed by atoms with Crippen molar-refractivity contribution in [3.63, 3.8) is 0 Å². The van der Waals surface area contributed by atoms with E-state index in [1.807, 2.05) is 13.8 Å². The molecule has 1 aromatic heterocycles. The molecule has 0 unspecified atom stereocenters. The van der Waals surface area contributed by atoms with Gasteiger partial charge in [0.15, 0.2) is 5.69 Å². The third-order valence-corrected chi connectivity index (χ3v) is 4.57. The number of nitrogens with zero attached hydrogens (tertiary/aromatic N) is 4. The molecule has 0 aliphatic carbocycles. The number of benzene rings is 1. The number of hydrogen-bond donors (Lipinski definition) is 1. The van der Waals surface area contributed by atoms with Crippen LogP contribution in [0.3, 0.4) is 0 Å². The van der Waals surface area contributed by atoms with E-state index in [1.54, 1.807) is 18.2 Å². The third-order valence-electron chi connectivity index (χ3n) is 4.57. The van der Waals surface area contributed by atoms with Crippen molar-refractivity contribution in [2.75, 3.05) is 6.54 Å². The standard InChI is InChI=1S/C19H23F2N5O2/c1-12(2)22-19(28)17-11-25(24-23-17)10-15-8-14(20)9-26(15)18(27)7-13-5-3-4-6-16(13)21/h3-6,11-12,14-15H,7-10H2,1-2H3,(H,22,28)/t14-,15-/m0/s1. The summed E-state index contributed by atoms with van der Waals surface area (Å²) in [7, 11) is 0. The largest absolute Gasteiger partial charge is 0.348 e. The molecule has 0 bridgehead atoms. The number of nitrogens with one attached hydrogen (secondary N) is 1. The summed E-state index contributed by atoms with van der Waals surface area (Å²) in [6, 6.07) is 5.58. The summed E-state index contributed by atoms with van der Waals surface area (Å²) < 4.78 is 29.3. The number of rotatable bonds is 6. The van der Waals surface area contributed by atoms with E-state index >= 15 is 0 Å². The second-order valence-corrected chi connectivity index (χ2v) is 7.26. The van der Waals surface area contributed by atoms with Crippen molar-refractivity contribution >= 4 is 11.8 Å². The van der Waals surface area contributed by atoms with Gasteiger partial charge >= 0.3 is 0 Å². The molecule has 0 saturated carbocycles. The SMILES string of the molecule is CC(C)NC(=O)c1cn(C[C@@H]2C[C@H](F)CN2C(=O)Cc2ccccc2F)nn1. The Morgan fingerprint density at radius 3 is 2.79 bits per heavy atom. The molecule has 7 nitrogen and oxygen atoms in total. The predicted octanol–water partition coefficient (Wildman–Crippen LogP) is 1.74. The van der Waals surface area contributed by atoms with Crippen LogP contribution in [0.4, 0.5) is 8.78 Å². The van der Waals surface area contributed by atoms with Gasteiger partial charge in [0, 0.05) is 12.5 Å². The first-order valence-corrected chi connectivity index (χ1v) is 9.21. The zero-order chi connectivity index (χ0) is 20.3. The molecule has 150 valence electrons. The summed E-state index contributed by atoms with van der Waals surface area (Å²) in [6.45, 7) is 3.85. The van der Waals surface area contributed by atoms with Gasteiger partial charge in [-0.15, -0.1) is 5.10 Å². The van der Waals surface area contributed by atoms with E-state index in [9.17, 15) is 18.4 Å². The minimum atomic E-state index is -1.15. The van der Waals surface area contributed by atoms with Crippen LogP contribution in [0.1, 0.15) is 36.3 Å². The van der Waals surface area contributed by atoms with Gasteiger partial charge in [-0.3, -0.25) is 9.59 Å². The Labute approximate surface area is 161 Å². The summed E-state index contributed by atoms with van der Waals surface area (Å²) in [5, 5.41) is 10.5. The highest BCUT2D eigenvalue weighted by Gasteiger charge is 2.36. The van der Waals surface area contributed by atoms with Crippen LogP contribution >= 0.6 is 0 Å². The second kappa shape index (κ2) is 8.45. The Morgan fingerprint density at radius 1 is 1.32 bits per heavy atom. The molecular formula is C19H23F2N5O2. The van der Waals surface area contributed by atoms with Gasteiger partial charge in [-0.1, -0.05) is 23.4 Å². The summed E-state index contributed by atoms with van der Waals surface area (Å²) >= 11 is 0. The van der Waals surface area contributed by atoms with Crippen LogP contribution in [-0.4, -0.2) is 56.5 Å². The first-order valence-electron chi connectivity index (χ1n) is 9.21. The number of carbonyl (C=O) groups is 2. The maximum Gasteiger partial charge on any atom is 0.273 e. The zero-order valence-electron chi connectivity index (χ0n) is 15.8. The molecule has 0 radical (unpaired) electrons. The van der Waals surface area contributed by atoms with Crippen LogP contribution in [0.5, 0.6) is 0 Å². The number of amides is 2. The molecule has 2 amide bonds. The quantitative estimate of drug-likeness (QED) is 0.813. The van der Waals surface area contributed by atoms with E-state index in [4.69, 9.17) is 0 Å². The topological polar surface area (TPSA) is 80.1 Å². The molecule has 1 aromatic carbocycles. The Kier molecular flexibility index (Phi) is 6.01. The summed E-state index contributed by atoms with van der Waals surface area (Å²) in [4.78, 5) is 26.0. The van der Waals surface area contributed by atoms with Crippen molar-refractivity contribution < 1.29 is 18.4 Å². The van der Waals surface area contributed by atoms with Gasteiger partial charge in [-0.2, -0.15) is 0 Å². The van der Waals surface area contributed by atoms with Crippen LogP contribution < -0.4 is 5.32 Å². The van der Waals surface area contributed by atoms with Gasteiger partial charge in [0.1, 0.15) is 12.0 Å². The molecule has 1 saturated heterocycles. The highest BCUT2D eigenvalue weighted by Crippen LogP contribution is 2.23. The molecular weight excluding hydrogens is 368 g/mol. The minimum Gasteiger partial charge on any atom is -0.348 e. The monoisotopic (exact) mass is 391 g/mol. The van der Waals surface area contributed by atoms with E-state index in [0.717, 1.165) is 0 Å². The molecule has 1 aliphatic rings. The minimum absolute atomic E-state index is 0.0344. The summed E-state index contributed by atoms with van der Waals surface area (Å²) in [6.07, 6.45) is 0.357. The van der Waals surface area contributed by atoms with Crippen LogP contribution in [0.25, 0.3) is 0 Å². The van der Waals surface area contributed by atoms with Gasteiger partial charge in [-0.05, 0) is 25.5 Å². The highest BCUT2D eigenvalue weighted by molar-refractivity contribution is 5.92. The average Bonchev–Trinajstić information content (AvgIpc) is 3.23. The molecule has 3 rings (SSSR count). The van der Waals surface area contributed by atoms with Crippen LogP contribution in [0.15, 0.2) is 30.5 Å². The molecule has 28 heavy (non-hydrogen) atoms. The van der Waals surface area contributed by atoms with E-state index < -0.39 is 18.0 Å². The smallest absolute Gasteiger partial charge is 0.273 e. The summed E-state index contributed by atoms with van der Waals surface area (Å²) in [5.41, 5.74) is 0.440. The van der Waals surface area contributed by atoms with Crippen molar-refractivity contribution in [1.29, 1.82) is 0 Å². The van der Waals surface area contributed by atoms with E-state index in [-0.39, 0.29) is 55.0 Å². The Balaban J connectivity index is 1.67. The predicted molar refractivity (Wildman–Crippen MR) is 97.7 cm³/mol. The molecule has 0 spiro atoms. The third kappa shape index (κ3) is 4.71. The second-order valence-electron chi connectivity index (χ2n) is 7.26. The Hall–Kier alpha value is -2.84. The first-order chi connectivity index (χ1) is 13.3. The Bertz CT molecular complexity index is 854. The molecule has 1 fully saturated rings. The fourth-order valence-electron chi connectivity index (χ4n) is 3.29. The van der Waals surface area contributed by atoms with Crippen LogP contribution in [0, 0.1) is 5.82 Å². The van der Waals surface area contributed by atoms with Crippen molar-refractivity contribution in [2.45, 2.75) is 51.5 Å². The number of likely N-dealkylation sites (tertiary alicyclic amines) is 1. The molecule has 2 aromatic rings. The van der Waals surface area contributed by atoms with Gasteiger partial charge in [0.05, 0.1) is 31.7 Å². The lowest BCUT2D eigenvalue weighted by molar-refractivity contribution is -0.131. The molecule has 1 aliphatic heterocycles. The summed E-state index contributed by atoms with van der Waals surface area (Å²) in [5.74, 6) is -1.14. The Morgan fingerprint density at radius 2 is 2.07 bits per heavy atom. The number of hydrogen-bond acceptors (Lipinski definition) is 4. The zero-order valence-corrected chi connectivity index (χ0v) is 15.8. The lowest BCUT2D eigenvalue weighted by Crippen LogP contribution is -2.39. The van der Waals surface area contributed by atoms with Gasteiger partial charge in [0.2, 0.25) is 5.91 Å². The maximum atomic E-state index is 14.0. The number of halogens is 2. The van der Waals surface area contributed by atoms with Crippen LogP contribution in [-0.2, 0) is 17.8 Å². The van der Waals surface area contributed by atoms with Crippen molar-refractivity contribution in [3.8, 4) is 0 Å². The number of alkyl halides is 1. The van der Waals surface area contributed by atoms with Crippen LogP contribution in [0.2, 0.25) is 0 Å². The molecule has 2 heterocycles.